The molecule has 0 amide bonds. The van der Waals surface area contributed by atoms with Crippen LogP contribution in [0.1, 0.15) is 0 Å². The topological polar surface area (TPSA) is 35.1 Å². The number of halogens is 2. The Balaban J connectivity index is 1.95. The Hall–Kier alpha value is -1.49. The van der Waals surface area contributed by atoms with Crippen molar-refractivity contribution in [3.8, 4) is 0 Å². The lowest BCUT2D eigenvalue weighted by molar-refractivity contribution is 0.597. The first kappa shape index (κ1) is 14.9. The summed E-state index contributed by atoms with van der Waals surface area (Å²) in [5, 5.41) is 3.55. The van der Waals surface area contributed by atoms with Crippen LogP contribution in [0.2, 0.25) is 5.02 Å². The zero-order valence-electron chi connectivity index (χ0n) is 10.6. The molecule has 0 saturated carbocycles. The van der Waals surface area contributed by atoms with E-state index in [9.17, 15) is 8.94 Å². The molecule has 5 heteroatoms. The average Bonchev–Trinajstić information content (AvgIpc) is 2.41. The van der Waals surface area contributed by atoms with Gasteiger partial charge in [-0.3, -0.25) is 0 Å². The van der Waals surface area contributed by atoms with Gasteiger partial charge in [-0.2, -0.15) is 0 Å². The van der Waals surface area contributed by atoms with E-state index in [4.69, 9.17) is 11.6 Å². The number of anilines is 1. The summed E-state index contributed by atoms with van der Waals surface area (Å²) in [4.78, 5) is 0.652. The van der Waals surface area contributed by atoms with Crippen LogP contribution >= 0.6 is 11.6 Å². The molecule has 2 aromatic rings. The minimum Gasteiger partial charge on any atom is -0.611 e. The van der Waals surface area contributed by atoms with Crippen LogP contribution in [0.25, 0.3) is 0 Å². The first-order valence-corrected chi connectivity index (χ1v) is 7.58. The molecular weight excluding hydrogens is 297 g/mol. The maximum atomic E-state index is 12.8. The number of rotatable bonds is 5. The zero-order chi connectivity index (χ0) is 14.5. The van der Waals surface area contributed by atoms with Crippen molar-refractivity contribution in [3.63, 3.8) is 0 Å². The molecule has 0 heterocycles. The highest BCUT2D eigenvalue weighted by Crippen LogP contribution is 2.19. The molecule has 0 aromatic heterocycles. The Bertz CT molecular complexity index is 603. The molecule has 2 nitrogen and oxygen atoms in total. The second kappa shape index (κ2) is 6.79. The van der Waals surface area contributed by atoms with Crippen molar-refractivity contribution in [2.75, 3.05) is 11.1 Å². The summed E-state index contributed by atoms with van der Waals surface area (Å²) in [6, 6.07) is 12.8. The van der Waals surface area contributed by atoms with Crippen LogP contribution in [0.4, 0.5) is 10.1 Å². The summed E-state index contributed by atoms with van der Waals surface area (Å²) in [5.41, 5.74) is 1.30. The summed E-state index contributed by atoms with van der Waals surface area (Å²) >= 11 is 4.64. The summed E-state index contributed by atoms with van der Waals surface area (Å²) in [5.74, 6) is -0.0405. The van der Waals surface area contributed by atoms with Gasteiger partial charge in [-0.25, -0.2) is 4.39 Å². The van der Waals surface area contributed by atoms with Gasteiger partial charge in [0.05, 0.1) is 5.70 Å². The van der Waals surface area contributed by atoms with Gasteiger partial charge in [0.1, 0.15) is 11.6 Å². The third-order valence-corrected chi connectivity index (χ3v) is 4.16. The Kier molecular flexibility index (Phi) is 5.06. The van der Waals surface area contributed by atoms with Crippen LogP contribution in [0.15, 0.2) is 65.7 Å². The van der Waals surface area contributed by atoms with Crippen LogP contribution in [-0.4, -0.2) is 10.3 Å². The zero-order valence-corrected chi connectivity index (χ0v) is 12.2. The Labute approximate surface area is 125 Å². The third-order valence-electron chi connectivity index (χ3n) is 2.53. The maximum absolute atomic E-state index is 12.8. The fourth-order valence-corrected chi connectivity index (χ4v) is 2.92. The lowest BCUT2D eigenvalue weighted by Crippen LogP contribution is -2.13. The van der Waals surface area contributed by atoms with Crippen LogP contribution in [0, 0.1) is 5.82 Å². The standard InChI is InChI=1S/C15H13ClFNOS/c1-11(18-14-7-5-13(17)6-8-14)10-20(19)15-4-2-3-12(16)9-15/h2-9,18H,1,10H2/t20-/m0/s1. The SMILES string of the molecule is C=C(C[S@+]([O-])c1cccc(Cl)c1)Nc1ccc(F)cc1. The smallest absolute Gasteiger partial charge is 0.154 e. The van der Waals surface area contributed by atoms with Gasteiger partial charge in [0.15, 0.2) is 4.90 Å². The highest BCUT2D eigenvalue weighted by Gasteiger charge is 2.13. The minimum atomic E-state index is -1.22. The molecule has 0 radical (unpaired) electrons. The normalized spacial score (nSPS) is 11.9. The number of nitrogens with one attached hydrogen (secondary N) is 1. The van der Waals surface area contributed by atoms with E-state index in [2.05, 4.69) is 11.9 Å². The van der Waals surface area contributed by atoms with Crippen molar-refractivity contribution in [2.24, 2.45) is 0 Å². The number of hydrogen-bond donors (Lipinski definition) is 1. The first-order chi connectivity index (χ1) is 9.54. The van der Waals surface area contributed by atoms with E-state index in [1.54, 1.807) is 36.4 Å². The highest BCUT2D eigenvalue weighted by molar-refractivity contribution is 7.91. The lowest BCUT2D eigenvalue weighted by atomic mass is 10.3. The van der Waals surface area contributed by atoms with Gasteiger partial charge in [-0.05, 0) is 47.6 Å². The van der Waals surface area contributed by atoms with Crippen LogP contribution in [-0.2, 0) is 11.2 Å². The summed E-state index contributed by atoms with van der Waals surface area (Å²) in [6.45, 7) is 3.83. The van der Waals surface area contributed by atoms with Gasteiger partial charge in [-0.1, -0.05) is 24.2 Å². The predicted molar refractivity (Wildman–Crippen MR) is 81.9 cm³/mol. The van der Waals surface area contributed by atoms with E-state index in [-0.39, 0.29) is 11.6 Å². The minimum absolute atomic E-state index is 0.262. The molecule has 1 N–H and O–H groups in total. The summed E-state index contributed by atoms with van der Waals surface area (Å²) in [6.07, 6.45) is 0. The van der Waals surface area contributed by atoms with Gasteiger partial charge in [0.2, 0.25) is 0 Å². The fourth-order valence-electron chi connectivity index (χ4n) is 1.62. The first-order valence-electron chi connectivity index (χ1n) is 5.89. The molecule has 0 aliphatic carbocycles. The Morgan fingerprint density at radius 2 is 1.95 bits per heavy atom. The van der Waals surface area contributed by atoms with Crippen LogP contribution < -0.4 is 5.32 Å². The molecule has 0 aliphatic heterocycles. The van der Waals surface area contributed by atoms with Gasteiger partial charge in [-0.15, -0.1) is 0 Å². The van der Waals surface area contributed by atoms with Crippen LogP contribution in [0.3, 0.4) is 0 Å². The fraction of sp³-hybridized carbons (Fsp3) is 0.0667. The Morgan fingerprint density at radius 3 is 2.60 bits per heavy atom. The molecule has 0 fully saturated rings. The highest BCUT2D eigenvalue weighted by atomic mass is 35.5. The number of hydrogen-bond acceptors (Lipinski definition) is 2. The lowest BCUT2D eigenvalue weighted by Gasteiger charge is -2.14. The largest absolute Gasteiger partial charge is 0.611 e. The monoisotopic (exact) mass is 309 g/mol. The van der Waals surface area contributed by atoms with Crippen molar-refractivity contribution < 1.29 is 8.94 Å². The molecule has 2 aromatic carbocycles. The second-order valence-electron chi connectivity index (χ2n) is 4.18. The molecular formula is C15H13ClFNOS. The van der Waals surface area contributed by atoms with E-state index < -0.39 is 11.2 Å². The van der Waals surface area contributed by atoms with Crippen molar-refractivity contribution in [1.29, 1.82) is 0 Å². The predicted octanol–water partition coefficient (Wildman–Crippen LogP) is 4.21. The molecule has 0 aliphatic rings. The van der Waals surface area contributed by atoms with Crippen LogP contribution in [0.5, 0.6) is 0 Å². The third kappa shape index (κ3) is 4.27. The van der Waals surface area contributed by atoms with E-state index >= 15 is 0 Å². The maximum Gasteiger partial charge on any atom is 0.154 e. The average molecular weight is 310 g/mol. The van der Waals surface area contributed by atoms with E-state index in [1.807, 2.05) is 0 Å². The van der Waals surface area contributed by atoms with Crippen molar-refractivity contribution >= 4 is 28.5 Å². The van der Waals surface area contributed by atoms with Gasteiger partial charge in [0.25, 0.3) is 0 Å². The van der Waals surface area contributed by atoms with Gasteiger partial charge in [0, 0.05) is 16.8 Å². The van der Waals surface area contributed by atoms with E-state index in [0.717, 1.165) is 0 Å². The molecule has 0 saturated heterocycles. The summed E-state index contributed by atoms with van der Waals surface area (Å²) < 4.78 is 24.9. The molecule has 0 spiro atoms. The van der Waals surface area contributed by atoms with Gasteiger partial charge < -0.3 is 9.87 Å². The van der Waals surface area contributed by atoms with E-state index in [0.29, 0.717) is 21.3 Å². The van der Waals surface area contributed by atoms with E-state index in [1.165, 1.54) is 12.1 Å². The molecule has 104 valence electrons. The molecule has 1 atom stereocenters. The van der Waals surface area contributed by atoms with Crippen molar-refractivity contribution in [1.82, 2.24) is 0 Å². The molecule has 0 bridgehead atoms. The van der Waals surface area contributed by atoms with Gasteiger partial charge >= 0.3 is 0 Å². The summed E-state index contributed by atoms with van der Waals surface area (Å²) in [7, 11) is 0. The molecule has 0 unspecified atom stereocenters. The second-order valence-corrected chi connectivity index (χ2v) is 6.07. The van der Waals surface area contributed by atoms with Crippen molar-refractivity contribution in [2.45, 2.75) is 4.90 Å². The molecule has 20 heavy (non-hydrogen) atoms. The Morgan fingerprint density at radius 1 is 1.25 bits per heavy atom. The molecule has 2 rings (SSSR count). The number of benzene rings is 2. The quantitative estimate of drug-likeness (QED) is 0.840. The van der Waals surface area contributed by atoms with Crippen molar-refractivity contribution in [3.05, 3.63) is 71.6 Å².